The number of piperidine rings is 1. The summed E-state index contributed by atoms with van der Waals surface area (Å²) in [6.45, 7) is 7.18. The van der Waals surface area contributed by atoms with Gasteiger partial charge in [0.15, 0.2) is 26.5 Å². The zero-order chi connectivity index (χ0) is 25.2. The number of pyridine rings is 1. The zero-order valence-electron chi connectivity index (χ0n) is 20.3. The van der Waals surface area contributed by atoms with Crippen LogP contribution in [0.25, 0.3) is 0 Å². The summed E-state index contributed by atoms with van der Waals surface area (Å²) in [7, 11) is -1.89. The first-order valence-electron chi connectivity index (χ1n) is 11.2. The smallest absolute Gasteiger partial charge is 0.324 e. The van der Waals surface area contributed by atoms with Gasteiger partial charge in [0.05, 0.1) is 18.5 Å². The molecular formula is C22H29N7O5S. The van der Waals surface area contributed by atoms with E-state index >= 15 is 0 Å². The van der Waals surface area contributed by atoms with E-state index in [4.69, 9.17) is 14.0 Å². The number of nitrogens with zero attached hydrogens (tertiary/aromatic N) is 6. The summed E-state index contributed by atoms with van der Waals surface area (Å²) in [4.78, 5) is 19.2. The van der Waals surface area contributed by atoms with Gasteiger partial charge in [0.2, 0.25) is 5.75 Å². The number of hydrogen-bond donors (Lipinski definition) is 1. The van der Waals surface area contributed by atoms with Crippen LogP contribution in [0.3, 0.4) is 0 Å². The van der Waals surface area contributed by atoms with Crippen LogP contribution in [-0.4, -0.2) is 66.1 Å². The lowest BCUT2D eigenvalue weighted by molar-refractivity contribution is 0.155. The fraction of sp³-hybridized carbons (Fsp3) is 0.500. The van der Waals surface area contributed by atoms with Crippen molar-refractivity contribution in [3.63, 3.8) is 0 Å². The molecule has 0 bridgehead atoms. The van der Waals surface area contributed by atoms with Crippen LogP contribution in [0.4, 0.5) is 17.5 Å². The Morgan fingerprint density at radius 3 is 2.51 bits per heavy atom. The molecule has 4 rings (SSSR count). The van der Waals surface area contributed by atoms with Gasteiger partial charge < -0.3 is 24.2 Å². The second-order valence-electron chi connectivity index (χ2n) is 8.63. The van der Waals surface area contributed by atoms with Gasteiger partial charge in [-0.2, -0.15) is 9.97 Å². The molecule has 1 aliphatic rings. The molecule has 0 aliphatic carbocycles. The van der Waals surface area contributed by atoms with Crippen LogP contribution in [0.1, 0.15) is 44.1 Å². The van der Waals surface area contributed by atoms with E-state index in [0.29, 0.717) is 53.8 Å². The number of hydrogen-bond acceptors (Lipinski definition) is 12. The molecule has 0 unspecified atom stereocenters. The van der Waals surface area contributed by atoms with E-state index in [9.17, 15) is 8.42 Å². The second kappa shape index (κ2) is 10.0. The lowest BCUT2D eigenvalue weighted by atomic mass is 10.1. The fourth-order valence-electron chi connectivity index (χ4n) is 3.63. The molecule has 188 valence electrons. The highest BCUT2D eigenvalue weighted by Crippen LogP contribution is 2.35. The van der Waals surface area contributed by atoms with Crippen LogP contribution >= 0.6 is 0 Å². The molecule has 1 N–H and O–H groups in total. The molecule has 1 saturated heterocycles. The molecule has 3 aromatic heterocycles. The molecule has 1 fully saturated rings. The molecule has 13 heteroatoms. The first-order chi connectivity index (χ1) is 16.7. The number of sulfone groups is 1. The van der Waals surface area contributed by atoms with Gasteiger partial charge in [-0.1, -0.05) is 19.0 Å². The maximum absolute atomic E-state index is 11.8. The molecule has 0 radical (unpaired) electrons. The van der Waals surface area contributed by atoms with Crippen LogP contribution in [-0.2, 0) is 9.84 Å². The number of methoxy groups -OCH3 is 1. The quantitative estimate of drug-likeness (QED) is 0.482. The Morgan fingerprint density at radius 2 is 1.91 bits per heavy atom. The Bertz CT molecular complexity index is 1290. The summed E-state index contributed by atoms with van der Waals surface area (Å²) < 4.78 is 40.7. The largest absolute Gasteiger partial charge is 0.489 e. The van der Waals surface area contributed by atoms with E-state index in [0.717, 1.165) is 19.1 Å². The van der Waals surface area contributed by atoms with Crippen molar-refractivity contribution >= 4 is 27.4 Å². The standard InChI is InChI=1S/C22H29N7O5S/c1-13(2)19-27-22(34-28-19)29-10-8-15(9-11-29)33-21-18(32-4)20(23-12-24-21)26-16-6-7-17(25-14(16)3)35(5,30)31/h6-7,12-13,15H,8-11H2,1-5H3,(H,23,24,26). The molecule has 4 heterocycles. The van der Waals surface area contributed by atoms with Crippen LogP contribution in [0, 0.1) is 6.92 Å². The van der Waals surface area contributed by atoms with E-state index in [-0.39, 0.29) is 17.0 Å². The second-order valence-corrected chi connectivity index (χ2v) is 10.6. The summed E-state index contributed by atoms with van der Waals surface area (Å²) in [5.41, 5.74) is 1.10. The maximum Gasteiger partial charge on any atom is 0.324 e. The van der Waals surface area contributed by atoms with Crippen molar-refractivity contribution in [3.8, 4) is 11.6 Å². The Kier molecular flexibility index (Phi) is 7.05. The first-order valence-corrected chi connectivity index (χ1v) is 13.1. The van der Waals surface area contributed by atoms with Crippen molar-refractivity contribution in [2.24, 2.45) is 0 Å². The Morgan fingerprint density at radius 1 is 1.17 bits per heavy atom. The SMILES string of the molecule is COc1c(Nc2ccc(S(C)(=O)=O)nc2C)ncnc1OC1CCN(c2nc(C(C)C)no2)CC1. The summed E-state index contributed by atoms with van der Waals surface area (Å²) in [6, 6.07) is 3.61. The number of anilines is 3. The van der Waals surface area contributed by atoms with E-state index < -0.39 is 9.84 Å². The van der Waals surface area contributed by atoms with Gasteiger partial charge in [-0.3, -0.25) is 0 Å². The molecule has 0 spiro atoms. The topological polar surface area (TPSA) is 145 Å². The number of rotatable bonds is 8. The van der Waals surface area contributed by atoms with Crippen molar-refractivity contribution in [1.29, 1.82) is 0 Å². The third-order valence-corrected chi connectivity index (χ3v) is 6.59. The first kappa shape index (κ1) is 24.6. The average molecular weight is 504 g/mol. The van der Waals surface area contributed by atoms with Crippen LogP contribution < -0.4 is 19.7 Å². The third kappa shape index (κ3) is 5.61. The summed E-state index contributed by atoms with van der Waals surface area (Å²) in [5.74, 6) is 1.96. The van der Waals surface area contributed by atoms with Crippen molar-refractivity contribution in [2.45, 2.75) is 50.7 Å². The maximum atomic E-state index is 11.8. The fourth-order valence-corrected chi connectivity index (χ4v) is 4.25. The predicted molar refractivity (Wildman–Crippen MR) is 128 cm³/mol. The molecule has 1 aliphatic heterocycles. The highest BCUT2D eigenvalue weighted by atomic mass is 32.2. The van der Waals surface area contributed by atoms with Gasteiger partial charge in [-0.05, 0) is 19.1 Å². The van der Waals surface area contributed by atoms with Gasteiger partial charge in [-0.15, -0.1) is 0 Å². The minimum atomic E-state index is -3.40. The number of aromatic nitrogens is 5. The molecule has 0 aromatic carbocycles. The van der Waals surface area contributed by atoms with Crippen LogP contribution in [0.2, 0.25) is 0 Å². The van der Waals surface area contributed by atoms with Gasteiger partial charge in [0.1, 0.15) is 12.4 Å². The summed E-state index contributed by atoms with van der Waals surface area (Å²) in [6.07, 6.45) is 3.91. The van der Waals surface area contributed by atoms with E-state index in [2.05, 4.69) is 35.3 Å². The zero-order valence-corrected chi connectivity index (χ0v) is 21.2. The Balaban J connectivity index is 1.44. The third-order valence-electron chi connectivity index (χ3n) is 5.61. The molecule has 0 amide bonds. The minimum Gasteiger partial charge on any atom is -0.489 e. The number of nitrogens with one attached hydrogen (secondary N) is 1. The molecule has 3 aromatic rings. The number of ether oxygens (including phenoxy) is 2. The van der Waals surface area contributed by atoms with Crippen molar-refractivity contribution in [1.82, 2.24) is 25.1 Å². The highest BCUT2D eigenvalue weighted by Gasteiger charge is 2.26. The predicted octanol–water partition coefficient (Wildman–Crippen LogP) is 2.89. The molecular weight excluding hydrogens is 474 g/mol. The Labute approximate surface area is 204 Å². The minimum absolute atomic E-state index is 0.00604. The van der Waals surface area contributed by atoms with E-state index in [1.165, 1.54) is 19.5 Å². The lowest BCUT2D eigenvalue weighted by Crippen LogP contribution is -2.38. The van der Waals surface area contributed by atoms with Gasteiger partial charge in [-0.25, -0.2) is 18.4 Å². The van der Waals surface area contributed by atoms with Gasteiger partial charge >= 0.3 is 6.01 Å². The van der Waals surface area contributed by atoms with E-state index in [1.807, 2.05) is 13.8 Å². The number of aryl methyl sites for hydroxylation is 1. The van der Waals surface area contributed by atoms with Gasteiger partial charge in [0.25, 0.3) is 5.88 Å². The van der Waals surface area contributed by atoms with Crippen LogP contribution in [0.15, 0.2) is 28.0 Å². The van der Waals surface area contributed by atoms with Gasteiger partial charge in [0, 0.05) is 38.1 Å². The van der Waals surface area contributed by atoms with Crippen LogP contribution in [0.5, 0.6) is 11.6 Å². The lowest BCUT2D eigenvalue weighted by Gasteiger charge is -2.30. The average Bonchev–Trinajstić information content (AvgIpc) is 3.31. The van der Waals surface area contributed by atoms with Crippen molar-refractivity contribution < 1.29 is 22.4 Å². The van der Waals surface area contributed by atoms with Crippen molar-refractivity contribution in [2.75, 3.05) is 36.7 Å². The monoisotopic (exact) mass is 503 g/mol. The van der Waals surface area contributed by atoms with Crippen molar-refractivity contribution in [3.05, 3.63) is 30.0 Å². The molecule has 35 heavy (non-hydrogen) atoms. The van der Waals surface area contributed by atoms with E-state index in [1.54, 1.807) is 13.0 Å². The summed E-state index contributed by atoms with van der Waals surface area (Å²) in [5, 5.41) is 7.18. The normalized spacial score (nSPS) is 14.9. The molecule has 0 saturated carbocycles. The molecule has 0 atom stereocenters. The highest BCUT2D eigenvalue weighted by molar-refractivity contribution is 7.90. The molecule has 12 nitrogen and oxygen atoms in total. The summed E-state index contributed by atoms with van der Waals surface area (Å²) >= 11 is 0. The Hall–Kier alpha value is -3.48.